The van der Waals surface area contributed by atoms with E-state index >= 15 is 0 Å². The van der Waals surface area contributed by atoms with Crippen LogP contribution in [0.15, 0.2) is 42.5 Å². The molecular weight excluding hydrogens is 382 g/mol. The van der Waals surface area contributed by atoms with Crippen LogP contribution in [0.2, 0.25) is 0 Å². The molecule has 30 heavy (non-hydrogen) atoms. The molecule has 3 unspecified atom stereocenters. The first-order valence-corrected chi connectivity index (χ1v) is 10.0. The van der Waals surface area contributed by atoms with Gasteiger partial charge >= 0.3 is 5.97 Å². The van der Waals surface area contributed by atoms with E-state index in [1.165, 1.54) is 0 Å². The molecule has 7 heteroatoms. The molecule has 0 bridgehead atoms. The lowest BCUT2D eigenvalue weighted by molar-refractivity contribution is -0.144. The number of aliphatic hydroxyl groups is 1. The van der Waals surface area contributed by atoms with E-state index in [2.05, 4.69) is 0 Å². The van der Waals surface area contributed by atoms with Gasteiger partial charge in [0.15, 0.2) is 0 Å². The Morgan fingerprint density at radius 3 is 2.50 bits per heavy atom. The van der Waals surface area contributed by atoms with Crippen molar-refractivity contribution in [1.29, 1.82) is 5.41 Å². The fourth-order valence-electron chi connectivity index (χ4n) is 4.32. The average Bonchev–Trinajstić information content (AvgIpc) is 3.02. The molecule has 3 rings (SSSR count). The predicted octanol–water partition coefficient (Wildman–Crippen LogP) is 2.65. The Labute approximate surface area is 175 Å². The van der Waals surface area contributed by atoms with Gasteiger partial charge in [0.1, 0.15) is 0 Å². The number of benzene rings is 2. The first-order valence-electron chi connectivity index (χ1n) is 10.0. The van der Waals surface area contributed by atoms with Gasteiger partial charge in [-0.05, 0) is 53.6 Å². The molecule has 158 valence electrons. The van der Waals surface area contributed by atoms with E-state index in [0.717, 1.165) is 22.3 Å². The van der Waals surface area contributed by atoms with Gasteiger partial charge in [0, 0.05) is 17.9 Å². The molecule has 0 aliphatic heterocycles. The third kappa shape index (κ3) is 4.68. The molecule has 0 heterocycles. The Balaban J connectivity index is 1.84. The number of carboxylic acid groups (broad SMARTS) is 1. The molecule has 0 fully saturated rings. The lowest BCUT2D eigenvalue weighted by atomic mass is 9.82. The molecule has 0 radical (unpaired) electrons. The monoisotopic (exact) mass is 409 g/mol. The number of nitrogens with two attached hydrogens (primary N) is 2. The minimum Gasteiger partial charge on any atom is -0.481 e. The number of unbranched alkanes of at least 4 members (excludes halogenated alkanes) is 1. The summed E-state index contributed by atoms with van der Waals surface area (Å²) in [6.07, 6.45) is 1.79. The van der Waals surface area contributed by atoms with Crippen molar-refractivity contribution in [3.05, 3.63) is 59.2 Å². The van der Waals surface area contributed by atoms with Crippen LogP contribution in [0.5, 0.6) is 0 Å². The molecule has 7 N–H and O–H groups in total. The van der Waals surface area contributed by atoms with Crippen molar-refractivity contribution < 1.29 is 19.8 Å². The number of carbonyl (C=O) groups excluding carboxylic acids is 1. The summed E-state index contributed by atoms with van der Waals surface area (Å²) in [6.45, 7) is 0. The molecule has 1 aliphatic rings. The van der Waals surface area contributed by atoms with Crippen molar-refractivity contribution in [2.75, 3.05) is 0 Å². The summed E-state index contributed by atoms with van der Waals surface area (Å²) in [7, 11) is 0. The largest absolute Gasteiger partial charge is 0.481 e. The molecule has 0 aromatic heterocycles. The Kier molecular flexibility index (Phi) is 6.52. The van der Waals surface area contributed by atoms with Crippen LogP contribution in [-0.2, 0) is 11.2 Å². The van der Waals surface area contributed by atoms with Crippen LogP contribution in [0.25, 0.3) is 11.1 Å². The van der Waals surface area contributed by atoms with Crippen molar-refractivity contribution in [3.8, 4) is 11.1 Å². The molecule has 1 aliphatic carbocycles. The highest BCUT2D eigenvalue weighted by molar-refractivity contribution is 5.94. The van der Waals surface area contributed by atoms with Crippen LogP contribution in [-0.4, -0.2) is 34.0 Å². The molecular formula is C23H27N3O4. The van der Waals surface area contributed by atoms with Gasteiger partial charge < -0.3 is 21.7 Å². The predicted molar refractivity (Wildman–Crippen MR) is 114 cm³/mol. The van der Waals surface area contributed by atoms with Gasteiger partial charge in [-0.1, -0.05) is 36.8 Å². The zero-order valence-electron chi connectivity index (χ0n) is 16.7. The van der Waals surface area contributed by atoms with Crippen LogP contribution in [0.3, 0.4) is 0 Å². The summed E-state index contributed by atoms with van der Waals surface area (Å²) in [6, 6.07) is 12.7. The molecule has 7 nitrogen and oxygen atoms in total. The van der Waals surface area contributed by atoms with Gasteiger partial charge in [-0.3, -0.25) is 15.0 Å². The zero-order valence-corrected chi connectivity index (χ0v) is 16.7. The number of rotatable bonds is 9. The van der Waals surface area contributed by atoms with E-state index in [1.54, 1.807) is 18.2 Å². The van der Waals surface area contributed by atoms with Crippen molar-refractivity contribution in [3.63, 3.8) is 0 Å². The number of fused-ring (bicyclic) bond motifs is 1. The topological polar surface area (TPSA) is 150 Å². The fourth-order valence-corrected chi connectivity index (χ4v) is 4.32. The quantitative estimate of drug-likeness (QED) is 0.245. The van der Waals surface area contributed by atoms with Gasteiger partial charge in [-0.15, -0.1) is 0 Å². The first kappa shape index (κ1) is 21.5. The number of hydrogen-bond donors (Lipinski definition) is 5. The average molecular weight is 409 g/mol. The summed E-state index contributed by atoms with van der Waals surface area (Å²) in [5.74, 6) is -2.49. The number of nitrogens with one attached hydrogen (secondary N) is 1. The number of carbonyl (C=O) groups is 2. The van der Waals surface area contributed by atoms with Crippen LogP contribution in [0.1, 0.15) is 53.1 Å². The Hall–Kier alpha value is -3.19. The number of aliphatic carboxylic acids is 1. The number of aliphatic hydroxyl groups excluding tert-OH is 1. The highest BCUT2D eigenvalue weighted by Crippen LogP contribution is 2.42. The molecule has 2 aromatic rings. The molecule has 1 amide bonds. The second-order valence-corrected chi connectivity index (χ2v) is 7.87. The van der Waals surface area contributed by atoms with Gasteiger partial charge in [0.2, 0.25) is 5.91 Å². The van der Waals surface area contributed by atoms with Gasteiger partial charge in [0.05, 0.1) is 17.9 Å². The fraction of sp³-hybridized carbons (Fsp3) is 0.348. The lowest BCUT2D eigenvalue weighted by Gasteiger charge is -2.24. The zero-order chi connectivity index (χ0) is 21.8. The Morgan fingerprint density at radius 1 is 1.10 bits per heavy atom. The Bertz CT molecular complexity index is 973. The van der Waals surface area contributed by atoms with E-state index in [9.17, 15) is 19.8 Å². The molecule has 3 atom stereocenters. The smallest absolute Gasteiger partial charge is 0.307 e. The van der Waals surface area contributed by atoms with Crippen molar-refractivity contribution in [1.82, 2.24) is 0 Å². The summed E-state index contributed by atoms with van der Waals surface area (Å²) in [4.78, 5) is 23.4. The van der Waals surface area contributed by atoms with E-state index in [-0.39, 0.29) is 5.84 Å². The maximum Gasteiger partial charge on any atom is 0.307 e. The van der Waals surface area contributed by atoms with Gasteiger partial charge in [0.25, 0.3) is 0 Å². The molecule has 0 saturated carbocycles. The number of amidine groups is 1. The summed E-state index contributed by atoms with van der Waals surface area (Å²) in [5, 5.41) is 27.7. The van der Waals surface area contributed by atoms with Crippen molar-refractivity contribution >= 4 is 17.7 Å². The standard InChI is InChI=1S/C23H27N3O4/c24-20(25)7-2-1-6-18(23(29)30)21-17-9-8-14(11-16(17)12-19(21)27)13-4-3-5-15(10-13)22(26)28/h3-5,8-11,18-19,21,27H,1-2,6-7,12H2,(H3,24,25)(H2,26,28)(H,29,30). The minimum absolute atomic E-state index is 0.0982. The number of carboxylic acids is 1. The van der Waals surface area contributed by atoms with Gasteiger partial charge in [-0.2, -0.15) is 0 Å². The lowest BCUT2D eigenvalue weighted by Crippen LogP contribution is -2.28. The maximum atomic E-state index is 11.9. The first-order chi connectivity index (χ1) is 14.3. The number of primary amides is 1. The van der Waals surface area contributed by atoms with Crippen LogP contribution < -0.4 is 11.5 Å². The van der Waals surface area contributed by atoms with Crippen molar-refractivity contribution in [2.24, 2.45) is 17.4 Å². The van der Waals surface area contributed by atoms with E-state index < -0.39 is 29.8 Å². The van der Waals surface area contributed by atoms with E-state index in [0.29, 0.717) is 37.7 Å². The number of hydrogen-bond acceptors (Lipinski definition) is 4. The number of amides is 1. The second kappa shape index (κ2) is 9.09. The van der Waals surface area contributed by atoms with Crippen LogP contribution in [0, 0.1) is 11.3 Å². The van der Waals surface area contributed by atoms with Crippen molar-refractivity contribution in [2.45, 2.75) is 44.1 Å². The normalized spacial score (nSPS) is 18.6. The summed E-state index contributed by atoms with van der Waals surface area (Å²) < 4.78 is 0. The highest BCUT2D eigenvalue weighted by Gasteiger charge is 2.40. The van der Waals surface area contributed by atoms with Crippen LogP contribution in [0.4, 0.5) is 0 Å². The van der Waals surface area contributed by atoms with Crippen LogP contribution >= 0.6 is 0 Å². The SMILES string of the molecule is N=C(N)CCCCC(C(=O)O)C1c2ccc(-c3cccc(C(N)=O)c3)cc2CC1O. The second-order valence-electron chi connectivity index (χ2n) is 7.87. The summed E-state index contributed by atoms with van der Waals surface area (Å²) in [5.41, 5.74) is 14.7. The Morgan fingerprint density at radius 2 is 1.83 bits per heavy atom. The third-order valence-corrected chi connectivity index (χ3v) is 5.79. The maximum absolute atomic E-state index is 11.9. The third-order valence-electron chi connectivity index (χ3n) is 5.79. The van der Waals surface area contributed by atoms with E-state index in [4.69, 9.17) is 16.9 Å². The molecule has 2 aromatic carbocycles. The van der Waals surface area contributed by atoms with E-state index in [1.807, 2.05) is 24.3 Å². The molecule has 0 spiro atoms. The highest BCUT2D eigenvalue weighted by atomic mass is 16.4. The minimum atomic E-state index is -0.923. The summed E-state index contributed by atoms with van der Waals surface area (Å²) >= 11 is 0. The van der Waals surface area contributed by atoms with Gasteiger partial charge in [-0.25, -0.2) is 0 Å². The molecule has 0 saturated heterocycles.